The van der Waals surface area contributed by atoms with E-state index in [1.807, 2.05) is 49.4 Å². The van der Waals surface area contributed by atoms with Crippen molar-refractivity contribution in [3.05, 3.63) is 76.3 Å². The molecule has 0 atom stereocenters. The number of methoxy groups -OCH3 is 1. The van der Waals surface area contributed by atoms with E-state index in [1.165, 1.54) is 0 Å². The molecule has 6 nitrogen and oxygen atoms in total. The molecule has 146 valence electrons. The predicted molar refractivity (Wildman–Crippen MR) is 112 cm³/mol. The topological polar surface area (TPSA) is 81.4 Å². The van der Waals surface area contributed by atoms with Crippen LogP contribution in [-0.4, -0.2) is 18.0 Å². The van der Waals surface area contributed by atoms with Crippen molar-refractivity contribution in [2.75, 3.05) is 12.4 Å². The van der Waals surface area contributed by atoms with Crippen molar-refractivity contribution < 1.29 is 13.9 Å². The van der Waals surface area contributed by atoms with Crippen molar-refractivity contribution in [2.45, 2.75) is 19.8 Å². The Labute approximate surface area is 167 Å². The first-order valence-electron chi connectivity index (χ1n) is 9.31. The average Bonchev–Trinajstić information content (AvgIpc) is 2.73. The largest absolute Gasteiger partial charge is 0.497 e. The molecule has 0 aliphatic carbocycles. The number of benzene rings is 2. The van der Waals surface area contributed by atoms with Crippen molar-refractivity contribution in [2.24, 2.45) is 0 Å². The van der Waals surface area contributed by atoms with Gasteiger partial charge in [-0.3, -0.25) is 9.78 Å². The number of anilines is 1. The van der Waals surface area contributed by atoms with Gasteiger partial charge in [0.2, 0.25) is 5.91 Å². The molecule has 2 aromatic carbocycles. The van der Waals surface area contributed by atoms with Gasteiger partial charge < -0.3 is 14.5 Å². The first-order chi connectivity index (χ1) is 14.1. The van der Waals surface area contributed by atoms with Crippen LogP contribution in [0, 0.1) is 6.92 Å². The van der Waals surface area contributed by atoms with Gasteiger partial charge in [-0.2, -0.15) is 0 Å². The van der Waals surface area contributed by atoms with E-state index in [1.54, 1.807) is 19.4 Å². The van der Waals surface area contributed by atoms with Gasteiger partial charge in [0.25, 0.3) is 0 Å². The van der Waals surface area contributed by atoms with Crippen LogP contribution in [-0.2, 0) is 11.2 Å². The standard InChI is InChI=1S/C23H20N2O4/c1-14-16-9-8-15(28-2)13-21(16)29-23(27)17(14)10-11-22(26)25-20-7-3-6-19-18(20)5-4-12-24-19/h3-9,12-13H,10-11H2,1-2H3,(H,25,26). The molecule has 0 aliphatic rings. The van der Waals surface area contributed by atoms with Crippen LogP contribution in [0.5, 0.6) is 5.75 Å². The molecule has 0 saturated carbocycles. The SMILES string of the molecule is COc1ccc2c(C)c(CCC(=O)Nc3cccc4ncccc34)c(=O)oc2c1. The molecular weight excluding hydrogens is 368 g/mol. The number of carbonyl (C=O) groups is 1. The van der Waals surface area contributed by atoms with Gasteiger partial charge in [0.1, 0.15) is 11.3 Å². The van der Waals surface area contributed by atoms with E-state index in [9.17, 15) is 9.59 Å². The first-order valence-corrected chi connectivity index (χ1v) is 9.31. The number of aryl methyl sites for hydroxylation is 1. The molecule has 2 heterocycles. The minimum atomic E-state index is -0.426. The molecule has 0 saturated heterocycles. The number of aromatic nitrogens is 1. The Kier molecular flexibility index (Phi) is 4.99. The van der Waals surface area contributed by atoms with E-state index < -0.39 is 5.63 Å². The lowest BCUT2D eigenvalue weighted by atomic mass is 10.0. The number of pyridine rings is 1. The zero-order valence-electron chi connectivity index (χ0n) is 16.2. The fourth-order valence-electron chi connectivity index (χ4n) is 3.45. The third-order valence-corrected chi connectivity index (χ3v) is 5.02. The van der Waals surface area contributed by atoms with E-state index in [2.05, 4.69) is 10.3 Å². The van der Waals surface area contributed by atoms with Crippen molar-refractivity contribution in [1.82, 2.24) is 4.98 Å². The summed E-state index contributed by atoms with van der Waals surface area (Å²) < 4.78 is 10.6. The maximum atomic E-state index is 12.5. The molecule has 0 radical (unpaired) electrons. The molecule has 0 unspecified atom stereocenters. The molecule has 0 fully saturated rings. The predicted octanol–water partition coefficient (Wildman–Crippen LogP) is 4.23. The second kappa shape index (κ2) is 7.75. The molecular formula is C23H20N2O4. The zero-order valence-corrected chi connectivity index (χ0v) is 16.2. The number of carbonyl (C=O) groups excluding carboxylic acids is 1. The minimum absolute atomic E-state index is 0.171. The maximum absolute atomic E-state index is 12.5. The third kappa shape index (κ3) is 3.69. The lowest BCUT2D eigenvalue weighted by Crippen LogP contribution is -2.16. The number of nitrogens with one attached hydrogen (secondary N) is 1. The van der Waals surface area contributed by atoms with Crippen LogP contribution in [0.4, 0.5) is 5.69 Å². The number of hydrogen-bond acceptors (Lipinski definition) is 5. The van der Waals surface area contributed by atoms with Gasteiger partial charge in [-0.1, -0.05) is 6.07 Å². The van der Waals surface area contributed by atoms with E-state index in [0.29, 0.717) is 29.0 Å². The Balaban J connectivity index is 1.55. The van der Waals surface area contributed by atoms with Gasteiger partial charge in [-0.15, -0.1) is 0 Å². The fraction of sp³-hybridized carbons (Fsp3) is 0.174. The van der Waals surface area contributed by atoms with E-state index in [-0.39, 0.29) is 12.3 Å². The Hall–Kier alpha value is -3.67. The third-order valence-electron chi connectivity index (χ3n) is 5.02. The number of amides is 1. The molecule has 0 aliphatic heterocycles. The lowest BCUT2D eigenvalue weighted by molar-refractivity contribution is -0.116. The van der Waals surface area contributed by atoms with Gasteiger partial charge in [0.05, 0.1) is 18.3 Å². The van der Waals surface area contributed by atoms with E-state index in [4.69, 9.17) is 9.15 Å². The van der Waals surface area contributed by atoms with Crippen LogP contribution in [0.15, 0.2) is 63.9 Å². The summed E-state index contributed by atoms with van der Waals surface area (Å²) in [5.74, 6) is 0.451. The van der Waals surface area contributed by atoms with Gasteiger partial charge in [-0.25, -0.2) is 4.79 Å². The van der Waals surface area contributed by atoms with E-state index >= 15 is 0 Å². The Morgan fingerprint density at radius 1 is 1.14 bits per heavy atom. The quantitative estimate of drug-likeness (QED) is 0.518. The molecule has 0 bridgehead atoms. The molecule has 4 aromatic rings. The van der Waals surface area contributed by atoms with Gasteiger partial charge in [0.15, 0.2) is 0 Å². The monoisotopic (exact) mass is 388 g/mol. The Morgan fingerprint density at radius 2 is 2.00 bits per heavy atom. The summed E-state index contributed by atoms with van der Waals surface area (Å²) in [4.78, 5) is 29.3. The molecule has 2 aromatic heterocycles. The van der Waals surface area contributed by atoms with Gasteiger partial charge in [-0.05, 0) is 55.3 Å². The average molecular weight is 388 g/mol. The van der Waals surface area contributed by atoms with Crippen LogP contribution >= 0.6 is 0 Å². The van der Waals surface area contributed by atoms with Crippen molar-refractivity contribution in [3.8, 4) is 5.75 Å². The summed E-state index contributed by atoms with van der Waals surface area (Å²) >= 11 is 0. The summed E-state index contributed by atoms with van der Waals surface area (Å²) in [6.45, 7) is 1.87. The number of ether oxygens (including phenoxy) is 1. The highest BCUT2D eigenvalue weighted by Gasteiger charge is 2.14. The molecule has 6 heteroatoms. The fourth-order valence-corrected chi connectivity index (χ4v) is 3.45. The molecule has 1 N–H and O–H groups in total. The molecule has 1 amide bonds. The number of hydrogen-bond donors (Lipinski definition) is 1. The smallest absolute Gasteiger partial charge is 0.339 e. The minimum Gasteiger partial charge on any atom is -0.497 e. The van der Waals surface area contributed by atoms with Gasteiger partial charge >= 0.3 is 5.63 Å². The highest BCUT2D eigenvalue weighted by atomic mass is 16.5. The van der Waals surface area contributed by atoms with Crippen LogP contribution in [0.3, 0.4) is 0 Å². The van der Waals surface area contributed by atoms with Crippen LogP contribution in [0.1, 0.15) is 17.5 Å². The Bertz CT molecular complexity index is 1270. The summed E-state index contributed by atoms with van der Waals surface area (Å²) in [6.07, 6.45) is 2.18. The van der Waals surface area contributed by atoms with Crippen LogP contribution in [0.2, 0.25) is 0 Å². The van der Waals surface area contributed by atoms with E-state index in [0.717, 1.165) is 21.9 Å². The van der Waals surface area contributed by atoms with Crippen LogP contribution < -0.4 is 15.7 Å². The lowest BCUT2D eigenvalue weighted by Gasteiger charge is -2.10. The highest BCUT2D eigenvalue weighted by Crippen LogP contribution is 2.25. The molecule has 4 rings (SSSR count). The summed E-state index contributed by atoms with van der Waals surface area (Å²) in [5.41, 5.74) is 2.90. The molecule has 0 spiro atoms. The highest BCUT2D eigenvalue weighted by molar-refractivity contribution is 6.01. The van der Waals surface area contributed by atoms with Crippen molar-refractivity contribution in [1.29, 1.82) is 0 Å². The molecule has 29 heavy (non-hydrogen) atoms. The normalized spacial score (nSPS) is 11.0. The summed E-state index contributed by atoms with van der Waals surface area (Å²) in [7, 11) is 1.56. The Morgan fingerprint density at radius 3 is 2.83 bits per heavy atom. The maximum Gasteiger partial charge on any atom is 0.339 e. The zero-order chi connectivity index (χ0) is 20.4. The van der Waals surface area contributed by atoms with Crippen molar-refractivity contribution >= 4 is 33.5 Å². The summed E-state index contributed by atoms with van der Waals surface area (Å²) in [6, 6.07) is 14.7. The second-order valence-corrected chi connectivity index (χ2v) is 6.78. The number of fused-ring (bicyclic) bond motifs is 2. The second-order valence-electron chi connectivity index (χ2n) is 6.78. The first kappa shape index (κ1) is 18.7. The van der Waals surface area contributed by atoms with Crippen molar-refractivity contribution in [3.63, 3.8) is 0 Å². The van der Waals surface area contributed by atoms with Crippen LogP contribution in [0.25, 0.3) is 21.9 Å². The summed E-state index contributed by atoms with van der Waals surface area (Å²) in [5, 5.41) is 4.63. The number of nitrogens with zero attached hydrogens (tertiary/aromatic N) is 1. The number of rotatable bonds is 5. The van der Waals surface area contributed by atoms with Gasteiger partial charge in [0, 0.05) is 35.0 Å².